The Morgan fingerprint density at radius 2 is 1.81 bits per heavy atom. The average molecular weight is 368 g/mol. The van der Waals surface area contributed by atoms with E-state index in [1.807, 2.05) is 24.3 Å². The third kappa shape index (κ3) is 6.38. The Morgan fingerprint density at radius 1 is 1.07 bits per heavy atom. The molecule has 0 saturated carbocycles. The molecule has 1 aliphatic rings. The Kier molecular flexibility index (Phi) is 7.25. The van der Waals surface area contributed by atoms with Gasteiger partial charge in [-0.2, -0.15) is 0 Å². The molecule has 1 fully saturated rings. The number of carbonyl (C=O) groups excluding carboxylic acids is 1. The molecule has 0 aliphatic carbocycles. The first-order valence-electron chi connectivity index (χ1n) is 9.50. The Morgan fingerprint density at radius 3 is 2.56 bits per heavy atom. The minimum Gasteiger partial charge on any atom is -0.497 e. The lowest BCUT2D eigenvalue weighted by atomic mass is 10.1. The summed E-state index contributed by atoms with van der Waals surface area (Å²) in [6.45, 7) is 5.08. The Balaban J connectivity index is 1.43. The van der Waals surface area contributed by atoms with Crippen molar-refractivity contribution in [2.75, 3.05) is 33.4 Å². The smallest absolute Gasteiger partial charge is 0.220 e. The zero-order valence-electron chi connectivity index (χ0n) is 15.9. The van der Waals surface area contributed by atoms with E-state index in [4.69, 9.17) is 9.47 Å². The molecule has 5 heteroatoms. The molecule has 1 N–H and O–H groups in total. The zero-order valence-corrected chi connectivity index (χ0v) is 15.9. The summed E-state index contributed by atoms with van der Waals surface area (Å²) >= 11 is 0. The van der Waals surface area contributed by atoms with Gasteiger partial charge in [-0.25, -0.2) is 0 Å². The van der Waals surface area contributed by atoms with Crippen molar-refractivity contribution >= 4 is 5.91 Å². The van der Waals surface area contributed by atoms with Gasteiger partial charge in [0.2, 0.25) is 5.91 Å². The van der Waals surface area contributed by atoms with Crippen molar-refractivity contribution in [3.05, 3.63) is 65.2 Å². The molecule has 0 spiro atoms. The topological polar surface area (TPSA) is 50.8 Å². The van der Waals surface area contributed by atoms with Gasteiger partial charge in [-0.05, 0) is 35.2 Å². The number of morpholine rings is 1. The highest BCUT2D eigenvalue weighted by Crippen LogP contribution is 2.13. The fourth-order valence-electron chi connectivity index (χ4n) is 3.19. The number of hydrogen-bond donors (Lipinski definition) is 1. The Hall–Kier alpha value is -2.37. The van der Waals surface area contributed by atoms with Crippen LogP contribution in [-0.4, -0.2) is 44.2 Å². The van der Waals surface area contributed by atoms with E-state index in [1.165, 1.54) is 5.56 Å². The van der Waals surface area contributed by atoms with E-state index in [2.05, 4.69) is 34.5 Å². The van der Waals surface area contributed by atoms with Crippen LogP contribution in [0.1, 0.15) is 23.1 Å². The summed E-state index contributed by atoms with van der Waals surface area (Å²) in [6, 6.07) is 16.3. The number of benzene rings is 2. The summed E-state index contributed by atoms with van der Waals surface area (Å²) in [7, 11) is 1.65. The molecule has 0 aromatic heterocycles. The van der Waals surface area contributed by atoms with Gasteiger partial charge in [-0.15, -0.1) is 0 Å². The number of nitrogens with one attached hydrogen (secondary N) is 1. The van der Waals surface area contributed by atoms with Crippen LogP contribution < -0.4 is 10.1 Å². The van der Waals surface area contributed by atoms with Gasteiger partial charge in [-0.1, -0.05) is 36.4 Å². The molecule has 2 aromatic carbocycles. The normalized spacial score (nSPS) is 14.7. The van der Waals surface area contributed by atoms with Crippen LogP contribution in [0, 0.1) is 0 Å². The first-order chi connectivity index (χ1) is 13.2. The van der Waals surface area contributed by atoms with Crippen LogP contribution in [0.5, 0.6) is 5.75 Å². The Labute approximate surface area is 161 Å². The molecule has 0 atom stereocenters. The molecule has 0 unspecified atom stereocenters. The van der Waals surface area contributed by atoms with Crippen molar-refractivity contribution < 1.29 is 14.3 Å². The molecule has 2 aromatic rings. The molecule has 144 valence electrons. The Bertz CT molecular complexity index is 725. The van der Waals surface area contributed by atoms with E-state index in [0.717, 1.165) is 56.1 Å². The van der Waals surface area contributed by atoms with E-state index in [0.29, 0.717) is 13.0 Å². The second kappa shape index (κ2) is 10.1. The van der Waals surface area contributed by atoms with Crippen molar-refractivity contribution in [3.63, 3.8) is 0 Å². The van der Waals surface area contributed by atoms with Crippen molar-refractivity contribution in [1.82, 2.24) is 10.2 Å². The van der Waals surface area contributed by atoms with Gasteiger partial charge in [0.25, 0.3) is 0 Å². The fraction of sp³-hybridized carbons (Fsp3) is 0.409. The number of methoxy groups -OCH3 is 1. The van der Waals surface area contributed by atoms with Crippen LogP contribution in [0.15, 0.2) is 48.5 Å². The zero-order chi connectivity index (χ0) is 18.9. The van der Waals surface area contributed by atoms with Crippen molar-refractivity contribution in [2.45, 2.75) is 25.9 Å². The lowest BCUT2D eigenvalue weighted by Crippen LogP contribution is -2.35. The van der Waals surface area contributed by atoms with E-state index in [9.17, 15) is 4.79 Å². The molecule has 1 heterocycles. The minimum atomic E-state index is 0.0735. The van der Waals surface area contributed by atoms with Crippen molar-refractivity contribution in [1.29, 1.82) is 0 Å². The summed E-state index contributed by atoms with van der Waals surface area (Å²) in [5.74, 6) is 0.907. The van der Waals surface area contributed by atoms with Gasteiger partial charge in [0.15, 0.2) is 0 Å². The molecule has 3 rings (SSSR count). The maximum Gasteiger partial charge on any atom is 0.220 e. The number of amides is 1. The summed E-state index contributed by atoms with van der Waals surface area (Å²) in [5, 5.41) is 3.03. The highest BCUT2D eigenvalue weighted by Gasteiger charge is 2.11. The molecule has 0 radical (unpaired) electrons. The molecule has 1 amide bonds. The molecule has 27 heavy (non-hydrogen) atoms. The fourth-order valence-corrected chi connectivity index (χ4v) is 3.19. The van der Waals surface area contributed by atoms with E-state index >= 15 is 0 Å². The molecule has 5 nitrogen and oxygen atoms in total. The second-order valence-corrected chi connectivity index (χ2v) is 6.83. The standard InChI is InChI=1S/C22H28N2O3/c1-26-21-8-5-18(6-9-21)7-10-22(25)23-16-19-3-2-4-20(15-19)17-24-11-13-27-14-12-24/h2-6,8-9,15H,7,10-14,16-17H2,1H3,(H,23,25). The molecule has 0 bridgehead atoms. The van der Waals surface area contributed by atoms with Gasteiger partial charge < -0.3 is 14.8 Å². The molecular weight excluding hydrogens is 340 g/mol. The lowest BCUT2D eigenvalue weighted by Gasteiger charge is -2.26. The maximum atomic E-state index is 12.2. The van der Waals surface area contributed by atoms with Gasteiger partial charge in [-0.3, -0.25) is 9.69 Å². The highest BCUT2D eigenvalue weighted by molar-refractivity contribution is 5.76. The number of ether oxygens (including phenoxy) is 2. The summed E-state index contributed by atoms with van der Waals surface area (Å²) < 4.78 is 10.5. The average Bonchev–Trinajstić information content (AvgIpc) is 2.72. The maximum absolute atomic E-state index is 12.2. The molecular formula is C22H28N2O3. The second-order valence-electron chi connectivity index (χ2n) is 6.83. The summed E-state index contributed by atoms with van der Waals surface area (Å²) in [4.78, 5) is 14.6. The number of hydrogen-bond acceptors (Lipinski definition) is 4. The predicted octanol–water partition coefficient (Wildman–Crippen LogP) is 2.78. The third-order valence-electron chi connectivity index (χ3n) is 4.79. The number of aryl methyl sites for hydroxylation is 1. The van der Waals surface area contributed by atoms with Crippen LogP contribution in [0.25, 0.3) is 0 Å². The SMILES string of the molecule is COc1ccc(CCC(=O)NCc2cccc(CN3CCOCC3)c2)cc1. The number of nitrogens with zero attached hydrogens (tertiary/aromatic N) is 1. The monoisotopic (exact) mass is 368 g/mol. The lowest BCUT2D eigenvalue weighted by molar-refractivity contribution is -0.121. The van der Waals surface area contributed by atoms with Crippen molar-refractivity contribution in [2.24, 2.45) is 0 Å². The highest BCUT2D eigenvalue weighted by atomic mass is 16.5. The van der Waals surface area contributed by atoms with Gasteiger partial charge in [0, 0.05) is 32.6 Å². The first kappa shape index (κ1) is 19.4. The van der Waals surface area contributed by atoms with E-state index in [1.54, 1.807) is 7.11 Å². The molecule has 1 aliphatic heterocycles. The number of carbonyl (C=O) groups is 1. The quantitative estimate of drug-likeness (QED) is 0.778. The van der Waals surface area contributed by atoms with Crippen LogP contribution in [0.2, 0.25) is 0 Å². The van der Waals surface area contributed by atoms with Crippen LogP contribution >= 0.6 is 0 Å². The van der Waals surface area contributed by atoms with E-state index in [-0.39, 0.29) is 5.91 Å². The van der Waals surface area contributed by atoms with Crippen molar-refractivity contribution in [3.8, 4) is 5.75 Å². The van der Waals surface area contributed by atoms with Gasteiger partial charge >= 0.3 is 0 Å². The summed E-state index contributed by atoms with van der Waals surface area (Å²) in [5.41, 5.74) is 3.55. The third-order valence-corrected chi connectivity index (χ3v) is 4.79. The van der Waals surface area contributed by atoms with Gasteiger partial charge in [0.05, 0.1) is 20.3 Å². The predicted molar refractivity (Wildman–Crippen MR) is 106 cm³/mol. The molecule has 1 saturated heterocycles. The van der Waals surface area contributed by atoms with Crippen LogP contribution in [0.3, 0.4) is 0 Å². The first-order valence-corrected chi connectivity index (χ1v) is 9.50. The number of rotatable bonds is 8. The van der Waals surface area contributed by atoms with Crippen LogP contribution in [-0.2, 0) is 29.0 Å². The van der Waals surface area contributed by atoms with Gasteiger partial charge in [0.1, 0.15) is 5.75 Å². The van der Waals surface area contributed by atoms with E-state index < -0.39 is 0 Å². The van der Waals surface area contributed by atoms with Crippen LogP contribution in [0.4, 0.5) is 0 Å². The largest absolute Gasteiger partial charge is 0.497 e. The minimum absolute atomic E-state index is 0.0735. The summed E-state index contributed by atoms with van der Waals surface area (Å²) in [6.07, 6.45) is 1.21.